The first kappa shape index (κ1) is 19.8. The lowest BCUT2D eigenvalue weighted by Gasteiger charge is -2.36. The summed E-state index contributed by atoms with van der Waals surface area (Å²) in [5.74, 6) is 1.25. The lowest BCUT2D eigenvalue weighted by Crippen LogP contribution is -2.49. The zero-order chi connectivity index (χ0) is 21.2. The Kier molecular flexibility index (Phi) is 5.48. The number of hydrogen-bond donors (Lipinski definition) is 0. The van der Waals surface area contributed by atoms with Crippen LogP contribution in [-0.2, 0) is 4.79 Å². The molecule has 1 amide bonds. The van der Waals surface area contributed by atoms with Crippen molar-refractivity contribution >= 4 is 22.9 Å². The first-order chi connectivity index (χ1) is 15.2. The molecule has 2 aromatic heterocycles. The number of amides is 1. The highest BCUT2D eigenvalue weighted by molar-refractivity contribution is 5.84. The van der Waals surface area contributed by atoms with E-state index in [9.17, 15) is 9.18 Å². The van der Waals surface area contributed by atoms with Crippen molar-refractivity contribution in [1.29, 1.82) is 0 Å². The van der Waals surface area contributed by atoms with Gasteiger partial charge in [0.15, 0.2) is 17.0 Å². The van der Waals surface area contributed by atoms with Crippen molar-refractivity contribution in [2.75, 3.05) is 31.1 Å². The first-order valence-electron chi connectivity index (χ1n) is 11.0. The molecule has 1 aromatic carbocycles. The lowest BCUT2D eigenvalue weighted by molar-refractivity contribution is -0.132. The van der Waals surface area contributed by atoms with Crippen LogP contribution in [-0.4, -0.2) is 61.9 Å². The van der Waals surface area contributed by atoms with E-state index in [1.165, 1.54) is 50.6 Å². The summed E-state index contributed by atoms with van der Waals surface area (Å²) in [4.78, 5) is 25.7. The van der Waals surface area contributed by atoms with Crippen LogP contribution in [0.15, 0.2) is 30.6 Å². The summed E-state index contributed by atoms with van der Waals surface area (Å²) in [6.07, 6.45) is 8.39. The van der Waals surface area contributed by atoms with Crippen molar-refractivity contribution in [3.8, 4) is 5.69 Å². The number of carbonyl (C=O) groups excluding carboxylic acids is 1. The summed E-state index contributed by atoms with van der Waals surface area (Å²) in [6.45, 7) is 2.77. The van der Waals surface area contributed by atoms with E-state index in [1.807, 2.05) is 4.90 Å². The van der Waals surface area contributed by atoms with Crippen LogP contribution in [0.5, 0.6) is 0 Å². The average molecular weight is 423 g/mol. The Labute approximate surface area is 180 Å². The molecule has 1 saturated heterocycles. The van der Waals surface area contributed by atoms with E-state index in [-0.39, 0.29) is 11.7 Å². The van der Waals surface area contributed by atoms with Gasteiger partial charge in [-0.2, -0.15) is 4.68 Å². The number of halogens is 1. The zero-order valence-electron chi connectivity index (χ0n) is 17.5. The fourth-order valence-electron chi connectivity index (χ4n) is 4.66. The predicted molar refractivity (Wildman–Crippen MR) is 114 cm³/mol. The topological polar surface area (TPSA) is 80.0 Å². The van der Waals surface area contributed by atoms with Gasteiger partial charge >= 0.3 is 0 Å². The van der Waals surface area contributed by atoms with Crippen molar-refractivity contribution in [1.82, 2.24) is 29.9 Å². The predicted octanol–water partition coefficient (Wildman–Crippen LogP) is 2.97. The van der Waals surface area contributed by atoms with E-state index in [1.54, 1.807) is 16.8 Å². The van der Waals surface area contributed by atoms with E-state index >= 15 is 0 Å². The van der Waals surface area contributed by atoms with Crippen molar-refractivity contribution in [2.24, 2.45) is 5.92 Å². The van der Waals surface area contributed by atoms with E-state index in [4.69, 9.17) is 0 Å². The minimum absolute atomic E-state index is 0.279. The van der Waals surface area contributed by atoms with Gasteiger partial charge < -0.3 is 9.80 Å². The molecule has 1 aliphatic heterocycles. The van der Waals surface area contributed by atoms with E-state index in [0.29, 0.717) is 55.4 Å². The van der Waals surface area contributed by atoms with Gasteiger partial charge in [-0.1, -0.05) is 24.5 Å². The van der Waals surface area contributed by atoms with Gasteiger partial charge in [0.25, 0.3) is 0 Å². The largest absolute Gasteiger partial charge is 0.351 e. The number of hydrogen-bond acceptors (Lipinski definition) is 6. The van der Waals surface area contributed by atoms with Crippen LogP contribution in [0.4, 0.5) is 10.2 Å². The molecule has 3 heterocycles. The standard InChI is InChI=1S/C22H26FN7O/c23-17-6-8-18(9-7-17)30-22-20(26-27-30)21(24-15-25-22)29-12-10-28(11-13-29)19(31)14-16-4-2-1-3-5-16/h6-9,15-16H,1-5,10-14H2. The van der Waals surface area contributed by atoms with Crippen molar-refractivity contribution < 1.29 is 9.18 Å². The Balaban J connectivity index is 1.28. The van der Waals surface area contributed by atoms with Gasteiger partial charge in [0.2, 0.25) is 5.91 Å². The normalized spacial score (nSPS) is 18.0. The molecule has 3 aromatic rings. The lowest BCUT2D eigenvalue weighted by atomic mass is 9.86. The average Bonchev–Trinajstić information content (AvgIpc) is 3.25. The Morgan fingerprint density at radius 2 is 1.74 bits per heavy atom. The van der Waals surface area contributed by atoms with Gasteiger partial charge in [-0.25, -0.2) is 14.4 Å². The van der Waals surface area contributed by atoms with Crippen LogP contribution >= 0.6 is 0 Å². The molecule has 1 aliphatic carbocycles. The molecule has 0 spiro atoms. The summed E-state index contributed by atoms with van der Waals surface area (Å²) in [7, 11) is 0. The van der Waals surface area contributed by atoms with Crippen LogP contribution in [0.3, 0.4) is 0 Å². The van der Waals surface area contributed by atoms with Crippen molar-refractivity contribution in [3.63, 3.8) is 0 Å². The van der Waals surface area contributed by atoms with Crippen molar-refractivity contribution in [2.45, 2.75) is 38.5 Å². The highest BCUT2D eigenvalue weighted by Crippen LogP contribution is 2.28. The first-order valence-corrected chi connectivity index (χ1v) is 11.0. The van der Waals surface area contributed by atoms with Crippen LogP contribution in [0, 0.1) is 11.7 Å². The molecule has 5 rings (SSSR count). The fourth-order valence-corrected chi connectivity index (χ4v) is 4.66. The highest BCUT2D eigenvalue weighted by atomic mass is 19.1. The molecule has 1 saturated carbocycles. The maximum Gasteiger partial charge on any atom is 0.222 e. The molecule has 0 radical (unpaired) electrons. The Hall–Kier alpha value is -3.10. The number of rotatable bonds is 4. The number of carbonyl (C=O) groups is 1. The molecule has 2 aliphatic rings. The van der Waals surface area contributed by atoms with Gasteiger partial charge in [-0.15, -0.1) is 5.10 Å². The number of anilines is 1. The molecule has 2 fully saturated rings. The van der Waals surface area contributed by atoms with Gasteiger partial charge in [-0.05, 0) is 43.0 Å². The highest BCUT2D eigenvalue weighted by Gasteiger charge is 2.26. The second-order valence-corrected chi connectivity index (χ2v) is 8.42. The monoisotopic (exact) mass is 423 g/mol. The van der Waals surface area contributed by atoms with Crippen LogP contribution < -0.4 is 4.90 Å². The minimum Gasteiger partial charge on any atom is -0.351 e. The summed E-state index contributed by atoms with van der Waals surface area (Å²) in [5.41, 5.74) is 1.87. The molecular formula is C22H26FN7O. The van der Waals surface area contributed by atoms with Crippen LogP contribution in [0.1, 0.15) is 38.5 Å². The molecule has 0 N–H and O–H groups in total. The third-order valence-electron chi connectivity index (χ3n) is 6.41. The maximum atomic E-state index is 13.3. The molecule has 8 nitrogen and oxygen atoms in total. The third-order valence-corrected chi connectivity index (χ3v) is 6.41. The maximum absolute atomic E-state index is 13.3. The minimum atomic E-state index is -0.306. The quantitative estimate of drug-likeness (QED) is 0.642. The third kappa shape index (κ3) is 4.08. The summed E-state index contributed by atoms with van der Waals surface area (Å²) >= 11 is 0. The van der Waals surface area contributed by atoms with Crippen LogP contribution in [0.2, 0.25) is 0 Å². The molecule has 162 valence electrons. The van der Waals surface area contributed by atoms with E-state index < -0.39 is 0 Å². The van der Waals surface area contributed by atoms with E-state index in [0.717, 1.165) is 5.82 Å². The zero-order valence-corrected chi connectivity index (χ0v) is 17.5. The number of fused-ring (bicyclic) bond motifs is 1. The Morgan fingerprint density at radius 1 is 1.00 bits per heavy atom. The summed E-state index contributed by atoms with van der Waals surface area (Å²) in [5, 5.41) is 8.51. The molecule has 31 heavy (non-hydrogen) atoms. The number of piperazine rings is 1. The molecule has 9 heteroatoms. The van der Waals surface area contributed by atoms with Gasteiger partial charge in [0, 0.05) is 32.6 Å². The number of aromatic nitrogens is 5. The van der Waals surface area contributed by atoms with Crippen LogP contribution in [0.25, 0.3) is 16.9 Å². The second kappa shape index (κ2) is 8.56. The summed E-state index contributed by atoms with van der Waals surface area (Å²) in [6, 6.07) is 6.05. The van der Waals surface area contributed by atoms with E-state index in [2.05, 4.69) is 25.2 Å². The van der Waals surface area contributed by atoms with Gasteiger partial charge in [-0.3, -0.25) is 4.79 Å². The smallest absolute Gasteiger partial charge is 0.222 e. The SMILES string of the molecule is O=C(CC1CCCCC1)N1CCN(c2ncnc3c2nnn3-c2ccc(F)cc2)CC1. The van der Waals surface area contributed by atoms with Crippen molar-refractivity contribution in [3.05, 3.63) is 36.4 Å². The number of benzene rings is 1. The molecular weight excluding hydrogens is 397 g/mol. The Bertz CT molecular complexity index is 1050. The molecule has 0 unspecified atom stereocenters. The fraction of sp³-hybridized carbons (Fsp3) is 0.500. The van der Waals surface area contributed by atoms with Gasteiger partial charge in [0.1, 0.15) is 12.1 Å². The number of nitrogens with zero attached hydrogens (tertiary/aromatic N) is 7. The Morgan fingerprint density at radius 3 is 2.48 bits per heavy atom. The molecule has 0 bridgehead atoms. The molecule has 0 atom stereocenters. The second-order valence-electron chi connectivity index (χ2n) is 8.42. The van der Waals surface area contributed by atoms with Gasteiger partial charge in [0.05, 0.1) is 5.69 Å². The summed E-state index contributed by atoms with van der Waals surface area (Å²) < 4.78 is 14.9.